The predicted octanol–water partition coefficient (Wildman–Crippen LogP) is 4.25. The van der Waals surface area contributed by atoms with Gasteiger partial charge in [-0.3, -0.25) is 14.5 Å². The van der Waals surface area contributed by atoms with Crippen LogP contribution in [0, 0.1) is 0 Å². The van der Waals surface area contributed by atoms with Crippen LogP contribution in [0.5, 0.6) is 0 Å². The third kappa shape index (κ3) is 7.33. The maximum absolute atomic E-state index is 13.4. The lowest BCUT2D eigenvalue weighted by molar-refractivity contribution is -0.140. The molecule has 38 heavy (non-hydrogen) atoms. The molecular formula is C29H32N6O3. The SMILES string of the molecule is CCCCN(Cc1ccc(-c2ccccc2-c2nn[nH]n2)cc1)C(=O)CN(CC(=O)O)Cc1ccccc1. The minimum atomic E-state index is -0.953. The summed E-state index contributed by atoms with van der Waals surface area (Å²) in [5.41, 5.74) is 4.85. The van der Waals surface area contributed by atoms with Crippen molar-refractivity contribution in [1.29, 1.82) is 0 Å². The molecule has 1 amide bonds. The van der Waals surface area contributed by atoms with Crippen molar-refractivity contribution in [1.82, 2.24) is 30.4 Å². The highest BCUT2D eigenvalue weighted by molar-refractivity contribution is 5.81. The van der Waals surface area contributed by atoms with Gasteiger partial charge in [0.25, 0.3) is 0 Å². The number of hydrogen-bond donors (Lipinski definition) is 2. The first-order valence-corrected chi connectivity index (χ1v) is 12.7. The van der Waals surface area contributed by atoms with Crippen LogP contribution in [0.25, 0.3) is 22.5 Å². The molecule has 9 heteroatoms. The summed E-state index contributed by atoms with van der Waals surface area (Å²) in [6, 6.07) is 25.6. The van der Waals surface area contributed by atoms with Gasteiger partial charge in [0.1, 0.15) is 0 Å². The van der Waals surface area contributed by atoms with Crippen LogP contribution >= 0.6 is 0 Å². The topological polar surface area (TPSA) is 115 Å². The van der Waals surface area contributed by atoms with Crippen LogP contribution in [-0.4, -0.2) is 67.0 Å². The van der Waals surface area contributed by atoms with E-state index in [1.807, 2.05) is 83.8 Å². The van der Waals surface area contributed by atoms with E-state index in [1.54, 1.807) is 4.90 Å². The second-order valence-electron chi connectivity index (χ2n) is 9.17. The Bertz CT molecular complexity index is 1310. The average molecular weight is 513 g/mol. The van der Waals surface area contributed by atoms with Crippen LogP contribution in [0.15, 0.2) is 78.9 Å². The first-order chi connectivity index (χ1) is 18.5. The largest absolute Gasteiger partial charge is 0.480 e. The molecule has 0 fully saturated rings. The fraction of sp³-hybridized carbons (Fsp3) is 0.276. The molecule has 3 aromatic carbocycles. The average Bonchev–Trinajstić information content (AvgIpc) is 3.46. The van der Waals surface area contributed by atoms with Crippen molar-refractivity contribution in [2.45, 2.75) is 32.9 Å². The van der Waals surface area contributed by atoms with Gasteiger partial charge in [-0.25, -0.2) is 0 Å². The third-order valence-corrected chi connectivity index (χ3v) is 6.25. The first-order valence-electron chi connectivity index (χ1n) is 12.7. The number of H-pyrrole nitrogens is 1. The molecule has 0 saturated carbocycles. The number of carbonyl (C=O) groups is 2. The van der Waals surface area contributed by atoms with E-state index in [9.17, 15) is 14.7 Å². The number of carbonyl (C=O) groups excluding carboxylic acids is 1. The van der Waals surface area contributed by atoms with Gasteiger partial charge >= 0.3 is 5.97 Å². The van der Waals surface area contributed by atoms with Gasteiger partial charge in [-0.1, -0.05) is 92.2 Å². The molecule has 4 aromatic rings. The first kappa shape index (κ1) is 26.7. The quantitative estimate of drug-likeness (QED) is 0.275. The Morgan fingerprint density at radius 1 is 0.842 bits per heavy atom. The number of aromatic amines is 1. The number of rotatable bonds is 13. The zero-order chi connectivity index (χ0) is 26.7. The van der Waals surface area contributed by atoms with Crippen molar-refractivity contribution in [2.75, 3.05) is 19.6 Å². The van der Waals surface area contributed by atoms with Crippen LogP contribution in [0.1, 0.15) is 30.9 Å². The fourth-order valence-electron chi connectivity index (χ4n) is 4.35. The molecule has 0 radical (unpaired) electrons. The Balaban J connectivity index is 1.48. The number of aromatic nitrogens is 4. The van der Waals surface area contributed by atoms with E-state index in [-0.39, 0.29) is 19.0 Å². The maximum atomic E-state index is 13.4. The molecule has 0 atom stereocenters. The van der Waals surface area contributed by atoms with E-state index in [0.717, 1.165) is 40.7 Å². The third-order valence-electron chi connectivity index (χ3n) is 6.25. The van der Waals surface area contributed by atoms with Crippen LogP contribution in [-0.2, 0) is 22.7 Å². The minimum Gasteiger partial charge on any atom is -0.480 e. The van der Waals surface area contributed by atoms with Crippen molar-refractivity contribution in [2.24, 2.45) is 0 Å². The van der Waals surface area contributed by atoms with Gasteiger partial charge in [-0.15, -0.1) is 10.2 Å². The van der Waals surface area contributed by atoms with Gasteiger partial charge in [0.2, 0.25) is 11.7 Å². The summed E-state index contributed by atoms with van der Waals surface area (Å²) in [4.78, 5) is 28.4. The van der Waals surface area contributed by atoms with Gasteiger partial charge in [0, 0.05) is 25.2 Å². The van der Waals surface area contributed by atoms with Gasteiger partial charge in [-0.05, 0) is 33.9 Å². The molecule has 1 aromatic heterocycles. The number of tetrazole rings is 1. The standard InChI is InChI=1S/C29H32N6O3/c1-2-3-17-35(27(36)20-34(21-28(37)38)18-22-9-5-4-6-10-22)19-23-13-15-24(16-14-23)25-11-7-8-12-26(25)29-30-32-33-31-29/h4-16H,2-3,17-21H2,1H3,(H,37,38)(H,30,31,32,33). The molecule has 0 aliphatic heterocycles. The summed E-state index contributed by atoms with van der Waals surface area (Å²) in [7, 11) is 0. The van der Waals surface area contributed by atoms with Crippen LogP contribution in [0.4, 0.5) is 0 Å². The zero-order valence-corrected chi connectivity index (χ0v) is 21.5. The van der Waals surface area contributed by atoms with E-state index in [4.69, 9.17) is 0 Å². The summed E-state index contributed by atoms with van der Waals surface area (Å²) in [6.45, 7) is 3.40. The lowest BCUT2D eigenvalue weighted by atomic mass is 9.98. The van der Waals surface area contributed by atoms with Gasteiger partial charge in [-0.2, -0.15) is 5.21 Å². The van der Waals surface area contributed by atoms with Crippen LogP contribution in [0.3, 0.4) is 0 Å². The number of carboxylic acids is 1. The number of hydrogen-bond acceptors (Lipinski definition) is 6. The number of carboxylic acid groups (broad SMARTS) is 1. The van der Waals surface area contributed by atoms with Crippen molar-refractivity contribution < 1.29 is 14.7 Å². The van der Waals surface area contributed by atoms with Crippen molar-refractivity contribution >= 4 is 11.9 Å². The number of nitrogens with one attached hydrogen (secondary N) is 1. The van der Waals surface area contributed by atoms with E-state index in [0.29, 0.717) is 25.5 Å². The number of nitrogens with zero attached hydrogens (tertiary/aromatic N) is 5. The molecule has 0 unspecified atom stereocenters. The number of benzene rings is 3. The monoisotopic (exact) mass is 512 g/mol. The van der Waals surface area contributed by atoms with E-state index in [1.165, 1.54) is 0 Å². The van der Waals surface area contributed by atoms with Crippen molar-refractivity contribution in [3.05, 3.63) is 90.0 Å². The highest BCUT2D eigenvalue weighted by Crippen LogP contribution is 2.29. The summed E-state index contributed by atoms with van der Waals surface area (Å²) in [5, 5.41) is 23.8. The molecule has 0 aliphatic carbocycles. The molecule has 0 aliphatic rings. The van der Waals surface area contributed by atoms with E-state index in [2.05, 4.69) is 27.5 Å². The van der Waals surface area contributed by atoms with Gasteiger partial charge < -0.3 is 10.0 Å². The minimum absolute atomic E-state index is 0.0427. The second kappa shape index (κ2) is 13.3. The normalized spacial score (nSPS) is 11.0. The highest BCUT2D eigenvalue weighted by atomic mass is 16.4. The number of aliphatic carboxylic acids is 1. The predicted molar refractivity (Wildman–Crippen MR) is 145 cm³/mol. The maximum Gasteiger partial charge on any atom is 0.317 e. The van der Waals surface area contributed by atoms with E-state index >= 15 is 0 Å². The summed E-state index contributed by atoms with van der Waals surface area (Å²) in [6.07, 6.45) is 1.83. The van der Waals surface area contributed by atoms with Gasteiger partial charge in [0.15, 0.2) is 0 Å². The highest BCUT2D eigenvalue weighted by Gasteiger charge is 2.20. The Morgan fingerprint density at radius 3 is 2.18 bits per heavy atom. The molecular weight excluding hydrogens is 480 g/mol. The lowest BCUT2D eigenvalue weighted by Gasteiger charge is -2.27. The van der Waals surface area contributed by atoms with Crippen molar-refractivity contribution in [3.8, 4) is 22.5 Å². The molecule has 9 nitrogen and oxygen atoms in total. The molecule has 2 N–H and O–H groups in total. The Labute approximate surface area is 222 Å². The number of amides is 1. The molecule has 1 heterocycles. The Morgan fingerprint density at radius 2 is 1.53 bits per heavy atom. The summed E-state index contributed by atoms with van der Waals surface area (Å²) >= 11 is 0. The molecule has 0 spiro atoms. The fourth-order valence-corrected chi connectivity index (χ4v) is 4.35. The van der Waals surface area contributed by atoms with Crippen LogP contribution in [0.2, 0.25) is 0 Å². The van der Waals surface area contributed by atoms with E-state index < -0.39 is 5.97 Å². The van der Waals surface area contributed by atoms with Crippen molar-refractivity contribution in [3.63, 3.8) is 0 Å². The summed E-state index contributed by atoms with van der Waals surface area (Å²) in [5.74, 6) is -0.505. The lowest BCUT2D eigenvalue weighted by Crippen LogP contribution is -2.42. The summed E-state index contributed by atoms with van der Waals surface area (Å²) < 4.78 is 0. The van der Waals surface area contributed by atoms with Crippen LogP contribution < -0.4 is 0 Å². The van der Waals surface area contributed by atoms with Gasteiger partial charge in [0.05, 0.1) is 13.1 Å². The molecule has 4 rings (SSSR count). The smallest absolute Gasteiger partial charge is 0.317 e. The molecule has 196 valence electrons. The molecule has 0 bridgehead atoms. The zero-order valence-electron chi connectivity index (χ0n) is 21.5. The second-order valence-corrected chi connectivity index (χ2v) is 9.17. The number of unbranched alkanes of at least 4 members (excludes halogenated alkanes) is 1. The Kier molecular flexibility index (Phi) is 9.31. The molecule has 0 saturated heterocycles. The Hall–Kier alpha value is -4.37.